The van der Waals surface area contributed by atoms with Gasteiger partial charge in [-0.3, -0.25) is 4.79 Å². The number of thiophene rings is 1. The number of benzene rings is 1. The van der Waals surface area contributed by atoms with Crippen molar-refractivity contribution in [3.05, 3.63) is 51.2 Å². The molecule has 2 aromatic rings. The van der Waals surface area contributed by atoms with Gasteiger partial charge >= 0.3 is 0 Å². The maximum atomic E-state index is 12.7. The molecule has 1 fully saturated rings. The number of rotatable bonds is 5. The molecule has 3 heterocycles. The maximum absolute atomic E-state index is 12.7. The van der Waals surface area contributed by atoms with Crippen LogP contribution < -0.4 is 10.6 Å². The summed E-state index contributed by atoms with van der Waals surface area (Å²) >= 11 is 1.55. The van der Waals surface area contributed by atoms with Gasteiger partial charge in [0, 0.05) is 11.4 Å². The Labute approximate surface area is 187 Å². The van der Waals surface area contributed by atoms with Crippen LogP contribution in [0, 0.1) is 0 Å². The lowest BCUT2D eigenvalue weighted by molar-refractivity contribution is -0.0771. The highest BCUT2D eigenvalue weighted by Gasteiger charge is 2.41. The molecule has 2 aliphatic heterocycles. The molecule has 1 aromatic carbocycles. The van der Waals surface area contributed by atoms with E-state index in [9.17, 15) is 13.2 Å². The zero-order valence-corrected chi connectivity index (χ0v) is 19.4. The van der Waals surface area contributed by atoms with Gasteiger partial charge in [-0.2, -0.15) is 0 Å². The lowest BCUT2D eigenvalue weighted by atomic mass is 9.86. The van der Waals surface area contributed by atoms with E-state index in [1.165, 1.54) is 10.4 Å². The Bertz CT molecular complexity index is 997. The largest absolute Gasteiger partial charge is 0.369 e. The number of amides is 1. The van der Waals surface area contributed by atoms with E-state index in [2.05, 4.69) is 10.6 Å². The van der Waals surface area contributed by atoms with Gasteiger partial charge in [0.1, 0.15) is 5.60 Å². The summed E-state index contributed by atoms with van der Waals surface area (Å²) in [6, 6.07) is 8.71. The normalized spacial score (nSPS) is 17.8. The summed E-state index contributed by atoms with van der Waals surface area (Å²) in [5.74, 6) is -0.0216. The van der Waals surface area contributed by atoms with Gasteiger partial charge in [0.25, 0.3) is 5.91 Å². The van der Waals surface area contributed by atoms with Gasteiger partial charge in [-0.25, -0.2) is 8.42 Å². The van der Waals surface area contributed by atoms with E-state index in [4.69, 9.17) is 4.74 Å². The molecule has 2 aliphatic rings. The van der Waals surface area contributed by atoms with Crippen molar-refractivity contribution < 1.29 is 17.9 Å². The highest BCUT2D eigenvalue weighted by atomic mass is 35.5. The number of halogens is 1. The fraction of sp³-hybridized carbons (Fsp3) is 0.476. The first-order valence-electron chi connectivity index (χ1n) is 10.0. The van der Waals surface area contributed by atoms with Gasteiger partial charge in [0.15, 0.2) is 9.84 Å². The molecule has 0 atom stereocenters. The second-order valence-electron chi connectivity index (χ2n) is 7.54. The van der Waals surface area contributed by atoms with Crippen molar-refractivity contribution in [1.29, 1.82) is 0 Å². The summed E-state index contributed by atoms with van der Waals surface area (Å²) in [6.07, 6.45) is 2.73. The molecule has 1 amide bonds. The number of sulfone groups is 1. The zero-order chi connectivity index (χ0) is 20.5. The van der Waals surface area contributed by atoms with Crippen LogP contribution >= 0.6 is 23.7 Å². The summed E-state index contributed by atoms with van der Waals surface area (Å²) in [5, 5.41) is 6.34. The van der Waals surface area contributed by atoms with Crippen molar-refractivity contribution in [3.8, 4) is 0 Å². The van der Waals surface area contributed by atoms with E-state index in [-0.39, 0.29) is 29.7 Å². The Balaban J connectivity index is 0.00000256. The number of piperidine rings is 1. The second-order valence-corrected chi connectivity index (χ2v) is 10.9. The summed E-state index contributed by atoms with van der Waals surface area (Å²) in [6.45, 7) is 4.56. The average molecular weight is 471 g/mol. The molecule has 0 radical (unpaired) electrons. The number of hydrogen-bond acceptors (Lipinski definition) is 6. The van der Waals surface area contributed by atoms with Crippen LogP contribution in [0.2, 0.25) is 0 Å². The van der Waals surface area contributed by atoms with Crippen molar-refractivity contribution in [2.45, 2.75) is 43.2 Å². The van der Waals surface area contributed by atoms with Gasteiger partial charge in [-0.15, -0.1) is 23.7 Å². The fourth-order valence-electron chi connectivity index (χ4n) is 3.99. The van der Waals surface area contributed by atoms with E-state index in [0.29, 0.717) is 22.9 Å². The van der Waals surface area contributed by atoms with Crippen LogP contribution in [-0.2, 0) is 33.1 Å². The number of nitrogens with one attached hydrogen (secondary N) is 2. The van der Waals surface area contributed by atoms with Crippen molar-refractivity contribution >= 4 is 39.5 Å². The molecule has 164 valence electrons. The lowest BCUT2D eigenvalue weighted by Gasteiger charge is -2.40. The van der Waals surface area contributed by atoms with Crippen LogP contribution in [-0.4, -0.2) is 39.8 Å². The van der Waals surface area contributed by atoms with Gasteiger partial charge in [-0.05, 0) is 61.7 Å². The van der Waals surface area contributed by atoms with Crippen molar-refractivity contribution in [1.82, 2.24) is 10.6 Å². The van der Waals surface area contributed by atoms with E-state index >= 15 is 0 Å². The number of fused-ring (bicyclic) bond motifs is 2. The van der Waals surface area contributed by atoms with Crippen molar-refractivity contribution in [3.63, 3.8) is 0 Å². The predicted octanol–water partition coefficient (Wildman–Crippen LogP) is 3.04. The average Bonchev–Trinajstić information content (AvgIpc) is 3.19. The molecule has 1 saturated heterocycles. The van der Waals surface area contributed by atoms with Crippen molar-refractivity contribution in [2.24, 2.45) is 0 Å². The van der Waals surface area contributed by atoms with Crippen LogP contribution in [0.1, 0.15) is 45.4 Å². The molecule has 1 spiro atoms. The first-order chi connectivity index (χ1) is 13.9. The zero-order valence-electron chi connectivity index (χ0n) is 16.9. The molecule has 0 bridgehead atoms. The van der Waals surface area contributed by atoms with Gasteiger partial charge in [-0.1, -0.05) is 19.1 Å². The third-order valence-corrected chi connectivity index (χ3v) is 8.84. The number of carbonyl (C=O) groups is 1. The van der Waals surface area contributed by atoms with E-state index in [1.54, 1.807) is 42.5 Å². The molecule has 4 rings (SSSR count). The standard InChI is InChI=1S/C21H26N2O4S2.ClH/c1-2-29(25,26)17-5-3-15(4-6-17)14-23-20(24)18-13-16-7-12-27-21(19(16)28-18)8-10-22-11-9-21;/h3-6,13,22H,2,7-12,14H2,1H3,(H,23,24);1H. The molecule has 0 unspecified atom stereocenters. The van der Waals surface area contributed by atoms with Crippen LogP contribution in [0.25, 0.3) is 0 Å². The number of hydrogen-bond donors (Lipinski definition) is 2. The first-order valence-corrected chi connectivity index (χ1v) is 12.5. The maximum Gasteiger partial charge on any atom is 0.261 e. The Kier molecular flexibility index (Phi) is 7.24. The van der Waals surface area contributed by atoms with Gasteiger partial charge in [0.2, 0.25) is 0 Å². The minimum atomic E-state index is -3.21. The summed E-state index contributed by atoms with van der Waals surface area (Å²) in [4.78, 5) is 15.0. The van der Waals surface area contributed by atoms with Crippen molar-refractivity contribution in [2.75, 3.05) is 25.4 Å². The van der Waals surface area contributed by atoms with Crippen LogP contribution in [0.3, 0.4) is 0 Å². The Morgan fingerprint density at radius 3 is 2.60 bits per heavy atom. The third-order valence-electron chi connectivity index (χ3n) is 5.72. The molecule has 1 aromatic heterocycles. The minimum Gasteiger partial charge on any atom is -0.369 e. The monoisotopic (exact) mass is 470 g/mol. The fourth-order valence-corrected chi connectivity index (χ4v) is 6.20. The summed E-state index contributed by atoms with van der Waals surface area (Å²) < 4.78 is 30.0. The highest BCUT2D eigenvalue weighted by Crippen LogP contribution is 2.44. The Hall–Kier alpha value is -1.45. The topological polar surface area (TPSA) is 84.5 Å². The molecule has 30 heavy (non-hydrogen) atoms. The number of carbonyl (C=O) groups excluding carboxylic acids is 1. The van der Waals surface area contributed by atoms with Gasteiger partial charge in [0.05, 0.1) is 22.1 Å². The summed E-state index contributed by atoms with van der Waals surface area (Å²) in [5.41, 5.74) is 1.87. The van der Waals surface area contributed by atoms with Gasteiger partial charge < -0.3 is 15.4 Å². The first kappa shape index (κ1) is 23.2. The molecule has 6 nitrogen and oxygen atoms in total. The van der Waals surface area contributed by atoms with E-state index < -0.39 is 9.84 Å². The Morgan fingerprint density at radius 1 is 1.23 bits per heavy atom. The van der Waals surface area contributed by atoms with Crippen LogP contribution in [0.4, 0.5) is 0 Å². The van der Waals surface area contributed by atoms with Crippen LogP contribution in [0.15, 0.2) is 35.2 Å². The SMILES string of the molecule is CCS(=O)(=O)c1ccc(CNC(=O)c2cc3c(s2)C2(CCNCC2)OCC3)cc1.Cl. The molecular weight excluding hydrogens is 444 g/mol. The molecule has 0 saturated carbocycles. The molecule has 9 heteroatoms. The highest BCUT2D eigenvalue weighted by molar-refractivity contribution is 7.91. The van der Waals surface area contributed by atoms with E-state index in [0.717, 1.165) is 37.9 Å². The quantitative estimate of drug-likeness (QED) is 0.701. The molecule has 0 aliphatic carbocycles. The molecule has 2 N–H and O–H groups in total. The van der Waals surface area contributed by atoms with Crippen LogP contribution in [0.5, 0.6) is 0 Å². The minimum absolute atomic E-state index is 0. The Morgan fingerprint density at radius 2 is 1.93 bits per heavy atom. The molecular formula is C21H27ClN2O4S2. The predicted molar refractivity (Wildman–Crippen MR) is 120 cm³/mol. The lowest BCUT2D eigenvalue weighted by Crippen LogP contribution is -2.43. The summed E-state index contributed by atoms with van der Waals surface area (Å²) in [7, 11) is -3.21. The third kappa shape index (κ3) is 4.57. The second kappa shape index (κ2) is 9.36. The smallest absolute Gasteiger partial charge is 0.261 e. The number of ether oxygens (including phenoxy) is 1. The van der Waals surface area contributed by atoms with E-state index in [1.807, 2.05) is 6.07 Å².